The zero-order valence-corrected chi connectivity index (χ0v) is 7.18. The van der Waals surface area contributed by atoms with Crippen molar-refractivity contribution in [2.75, 3.05) is 6.61 Å². The highest BCUT2D eigenvalue weighted by Gasteiger charge is 2.34. The molecule has 64 valence electrons. The molecule has 0 bridgehead atoms. The first kappa shape index (κ1) is 7.56. The van der Waals surface area contributed by atoms with Crippen LogP contribution in [0.2, 0.25) is 0 Å². The Labute approximate surface area is 68.3 Å². The Morgan fingerprint density at radius 1 is 1.36 bits per heavy atom. The molecule has 1 heterocycles. The molecule has 11 heavy (non-hydrogen) atoms. The number of rotatable bonds is 2. The molecule has 0 spiro atoms. The third kappa shape index (κ3) is 1.74. The van der Waals surface area contributed by atoms with Gasteiger partial charge in [0.2, 0.25) is 0 Å². The lowest BCUT2D eigenvalue weighted by Gasteiger charge is -2.30. The van der Waals surface area contributed by atoms with E-state index in [9.17, 15) is 0 Å². The maximum atomic E-state index is 5.52. The van der Waals surface area contributed by atoms with Crippen molar-refractivity contribution in [3.8, 4) is 0 Å². The van der Waals surface area contributed by atoms with E-state index in [0.717, 1.165) is 25.0 Å². The maximum Gasteiger partial charge on any atom is 0.108 e. The molecule has 2 fully saturated rings. The van der Waals surface area contributed by atoms with E-state index < -0.39 is 0 Å². The number of hydrogen-bond acceptors (Lipinski definition) is 2. The summed E-state index contributed by atoms with van der Waals surface area (Å²) in [4.78, 5) is 0. The number of nitrogens with one attached hydrogen (secondary N) is 1. The van der Waals surface area contributed by atoms with Crippen molar-refractivity contribution in [2.45, 2.75) is 44.9 Å². The Morgan fingerprint density at radius 2 is 2.18 bits per heavy atom. The van der Waals surface area contributed by atoms with Crippen LogP contribution < -0.4 is 5.32 Å². The first-order chi connectivity index (χ1) is 5.40. The summed E-state index contributed by atoms with van der Waals surface area (Å²) in [5.41, 5.74) is 0. The Bertz CT molecular complexity index is 134. The van der Waals surface area contributed by atoms with E-state index >= 15 is 0 Å². The Balaban J connectivity index is 1.82. The normalized spacial score (nSPS) is 39.0. The minimum Gasteiger partial charge on any atom is -0.363 e. The van der Waals surface area contributed by atoms with E-state index in [1.165, 1.54) is 19.3 Å². The van der Waals surface area contributed by atoms with Gasteiger partial charge in [0.25, 0.3) is 0 Å². The lowest BCUT2D eigenvalue weighted by atomic mass is 10.1. The quantitative estimate of drug-likeness (QED) is 0.652. The van der Waals surface area contributed by atoms with Gasteiger partial charge in [-0.3, -0.25) is 5.32 Å². The van der Waals surface area contributed by atoms with Gasteiger partial charge in [-0.25, -0.2) is 0 Å². The van der Waals surface area contributed by atoms with Crippen LogP contribution in [0, 0.1) is 5.92 Å². The topological polar surface area (TPSA) is 21.3 Å². The largest absolute Gasteiger partial charge is 0.363 e. The molecule has 1 aliphatic heterocycles. The van der Waals surface area contributed by atoms with Crippen LogP contribution in [0.3, 0.4) is 0 Å². The van der Waals surface area contributed by atoms with Crippen molar-refractivity contribution >= 4 is 0 Å². The first-order valence-corrected chi connectivity index (χ1v) is 4.78. The van der Waals surface area contributed by atoms with E-state index in [-0.39, 0.29) is 0 Å². The van der Waals surface area contributed by atoms with Gasteiger partial charge in [0.1, 0.15) is 6.23 Å². The van der Waals surface area contributed by atoms with Crippen LogP contribution in [0.15, 0.2) is 0 Å². The van der Waals surface area contributed by atoms with Crippen LogP contribution in [0.1, 0.15) is 32.6 Å². The monoisotopic (exact) mass is 155 g/mol. The summed E-state index contributed by atoms with van der Waals surface area (Å²) in [6.07, 6.45) is 5.54. The average molecular weight is 155 g/mol. The molecule has 1 saturated carbocycles. The summed E-state index contributed by atoms with van der Waals surface area (Å²) < 4.78 is 5.52. The average Bonchev–Trinajstić information content (AvgIpc) is 2.87. The minimum atomic E-state index is 0.342. The van der Waals surface area contributed by atoms with Gasteiger partial charge >= 0.3 is 0 Å². The molecular weight excluding hydrogens is 138 g/mol. The second kappa shape index (κ2) is 3.11. The lowest BCUT2D eigenvalue weighted by Crippen LogP contribution is -2.46. The summed E-state index contributed by atoms with van der Waals surface area (Å²) in [5.74, 6) is 0.980. The number of hydrogen-bond donors (Lipinski definition) is 1. The van der Waals surface area contributed by atoms with Gasteiger partial charge in [-0.2, -0.15) is 0 Å². The summed E-state index contributed by atoms with van der Waals surface area (Å²) in [6.45, 7) is 3.14. The molecule has 1 aliphatic carbocycles. The van der Waals surface area contributed by atoms with Crippen molar-refractivity contribution < 1.29 is 4.74 Å². The van der Waals surface area contributed by atoms with E-state index in [4.69, 9.17) is 4.74 Å². The van der Waals surface area contributed by atoms with Crippen LogP contribution in [0.4, 0.5) is 0 Å². The fraction of sp³-hybridized carbons (Fsp3) is 1.00. The van der Waals surface area contributed by atoms with Crippen LogP contribution in [-0.4, -0.2) is 18.9 Å². The Kier molecular flexibility index (Phi) is 2.14. The Morgan fingerprint density at radius 3 is 2.82 bits per heavy atom. The molecule has 0 aromatic rings. The summed E-state index contributed by atoms with van der Waals surface area (Å²) >= 11 is 0. The third-order valence-corrected chi connectivity index (χ3v) is 2.71. The van der Waals surface area contributed by atoms with Crippen molar-refractivity contribution in [3.63, 3.8) is 0 Å². The highest BCUT2D eigenvalue weighted by atomic mass is 16.5. The molecule has 0 radical (unpaired) electrons. The predicted molar refractivity (Wildman–Crippen MR) is 44.3 cm³/mol. The van der Waals surface area contributed by atoms with Crippen molar-refractivity contribution in [3.05, 3.63) is 0 Å². The molecule has 2 heteroatoms. The van der Waals surface area contributed by atoms with Crippen molar-refractivity contribution in [1.29, 1.82) is 0 Å². The molecule has 1 N–H and O–H groups in total. The third-order valence-electron chi connectivity index (χ3n) is 2.71. The highest BCUT2D eigenvalue weighted by molar-refractivity contribution is 4.88. The van der Waals surface area contributed by atoms with Gasteiger partial charge in [-0.05, 0) is 31.6 Å². The fourth-order valence-electron chi connectivity index (χ4n) is 1.81. The predicted octanol–water partition coefficient (Wildman–Crippen LogP) is 1.51. The van der Waals surface area contributed by atoms with Crippen LogP contribution in [-0.2, 0) is 4.74 Å². The fourth-order valence-corrected chi connectivity index (χ4v) is 1.81. The van der Waals surface area contributed by atoms with Gasteiger partial charge in [0, 0.05) is 6.04 Å². The van der Waals surface area contributed by atoms with Gasteiger partial charge in [0.05, 0.1) is 6.61 Å². The molecule has 2 nitrogen and oxygen atoms in total. The van der Waals surface area contributed by atoms with Crippen LogP contribution in [0.5, 0.6) is 0 Å². The molecule has 2 rings (SSSR count). The van der Waals surface area contributed by atoms with Gasteiger partial charge in [-0.1, -0.05) is 6.92 Å². The van der Waals surface area contributed by atoms with E-state index in [0.29, 0.717) is 6.23 Å². The molecular formula is C9H17NO. The molecule has 2 atom stereocenters. The molecule has 2 aliphatic rings. The van der Waals surface area contributed by atoms with Crippen molar-refractivity contribution in [1.82, 2.24) is 5.32 Å². The Hall–Kier alpha value is -0.0800. The van der Waals surface area contributed by atoms with Gasteiger partial charge in [0.15, 0.2) is 0 Å². The summed E-state index contributed by atoms with van der Waals surface area (Å²) in [6, 6.07) is 0.772. The molecule has 0 amide bonds. The SMILES string of the molecule is CCC1NC(C2CC2)CCO1. The second-order valence-corrected chi connectivity index (χ2v) is 3.67. The molecule has 1 saturated heterocycles. The van der Waals surface area contributed by atoms with Gasteiger partial charge < -0.3 is 4.74 Å². The van der Waals surface area contributed by atoms with Crippen LogP contribution >= 0.6 is 0 Å². The molecule has 0 aromatic heterocycles. The van der Waals surface area contributed by atoms with E-state index in [1.54, 1.807) is 0 Å². The van der Waals surface area contributed by atoms with E-state index in [2.05, 4.69) is 12.2 Å². The minimum absolute atomic E-state index is 0.342. The number of ether oxygens (including phenoxy) is 1. The lowest BCUT2D eigenvalue weighted by molar-refractivity contribution is -0.0234. The first-order valence-electron chi connectivity index (χ1n) is 4.78. The maximum absolute atomic E-state index is 5.52. The zero-order valence-electron chi connectivity index (χ0n) is 7.18. The molecule has 2 unspecified atom stereocenters. The second-order valence-electron chi connectivity index (χ2n) is 3.67. The highest BCUT2D eigenvalue weighted by Crippen LogP contribution is 2.35. The smallest absolute Gasteiger partial charge is 0.108 e. The molecule has 0 aromatic carbocycles. The summed E-state index contributed by atoms with van der Waals surface area (Å²) in [5, 5.41) is 3.54. The van der Waals surface area contributed by atoms with Gasteiger partial charge in [-0.15, -0.1) is 0 Å². The summed E-state index contributed by atoms with van der Waals surface area (Å²) in [7, 11) is 0. The standard InChI is InChI=1S/C9H17NO/c1-2-9-10-8(5-6-11-9)7-3-4-7/h7-10H,2-6H2,1H3. The van der Waals surface area contributed by atoms with Crippen LogP contribution in [0.25, 0.3) is 0 Å². The van der Waals surface area contributed by atoms with E-state index in [1.807, 2.05) is 0 Å². The van der Waals surface area contributed by atoms with Crippen molar-refractivity contribution in [2.24, 2.45) is 5.92 Å². The zero-order chi connectivity index (χ0) is 7.68.